The van der Waals surface area contributed by atoms with Crippen LogP contribution in [0.4, 0.5) is 5.69 Å². The molecule has 1 heterocycles. The Morgan fingerprint density at radius 1 is 1.03 bits per heavy atom. The normalized spacial score (nSPS) is 14.8. The van der Waals surface area contributed by atoms with Gasteiger partial charge in [0.25, 0.3) is 5.56 Å². The van der Waals surface area contributed by atoms with Crippen molar-refractivity contribution in [2.45, 2.75) is 51.6 Å². The van der Waals surface area contributed by atoms with Crippen molar-refractivity contribution < 1.29 is 4.79 Å². The zero-order valence-corrected chi connectivity index (χ0v) is 18.1. The first kappa shape index (κ1) is 21.2. The highest BCUT2D eigenvalue weighted by atomic mass is 16.2. The van der Waals surface area contributed by atoms with E-state index >= 15 is 0 Å². The van der Waals surface area contributed by atoms with Crippen LogP contribution in [0.15, 0.2) is 59.4 Å². The maximum Gasteiger partial charge on any atom is 0.258 e. The van der Waals surface area contributed by atoms with Gasteiger partial charge in [0.1, 0.15) is 5.82 Å². The molecule has 3 aromatic rings. The molecule has 31 heavy (non-hydrogen) atoms. The van der Waals surface area contributed by atoms with Gasteiger partial charge in [-0.05, 0) is 43.7 Å². The highest BCUT2D eigenvalue weighted by Gasteiger charge is 2.27. The Labute approximate surface area is 182 Å². The molecular formula is C25H30N4O2. The lowest BCUT2D eigenvalue weighted by Gasteiger charge is -2.35. The third-order valence-corrected chi connectivity index (χ3v) is 6.08. The van der Waals surface area contributed by atoms with Crippen molar-refractivity contribution >= 4 is 22.5 Å². The largest absolute Gasteiger partial charge is 0.309 e. The van der Waals surface area contributed by atoms with E-state index in [0.717, 1.165) is 18.5 Å². The highest BCUT2D eigenvalue weighted by Crippen LogP contribution is 2.27. The monoisotopic (exact) mass is 418 g/mol. The number of nitrogens with zero attached hydrogens (tertiary/aromatic N) is 3. The molecule has 1 aliphatic rings. The van der Waals surface area contributed by atoms with Gasteiger partial charge < -0.3 is 9.88 Å². The zero-order chi connectivity index (χ0) is 21.6. The van der Waals surface area contributed by atoms with Gasteiger partial charge in [0, 0.05) is 11.7 Å². The van der Waals surface area contributed by atoms with Crippen LogP contribution in [0, 0.1) is 0 Å². The van der Waals surface area contributed by atoms with Gasteiger partial charge in [-0.15, -0.1) is 0 Å². The van der Waals surface area contributed by atoms with Gasteiger partial charge in [0.2, 0.25) is 5.91 Å². The van der Waals surface area contributed by atoms with Crippen molar-refractivity contribution in [3.05, 3.63) is 70.8 Å². The lowest BCUT2D eigenvalue weighted by atomic mass is 9.93. The second-order valence-corrected chi connectivity index (χ2v) is 8.22. The van der Waals surface area contributed by atoms with Crippen LogP contribution in [-0.2, 0) is 11.3 Å². The van der Waals surface area contributed by atoms with Crippen LogP contribution in [0.3, 0.4) is 0 Å². The van der Waals surface area contributed by atoms with Crippen LogP contribution in [0.1, 0.15) is 44.9 Å². The molecule has 162 valence electrons. The zero-order valence-electron chi connectivity index (χ0n) is 18.1. The number of benzene rings is 2. The number of aromatic nitrogens is 2. The molecule has 1 fully saturated rings. The van der Waals surface area contributed by atoms with E-state index in [2.05, 4.69) is 9.97 Å². The third-order valence-electron chi connectivity index (χ3n) is 6.08. The lowest BCUT2D eigenvalue weighted by Crippen LogP contribution is -2.46. The number of nitrogens with one attached hydrogen (secondary N) is 1. The Morgan fingerprint density at radius 2 is 1.74 bits per heavy atom. The Morgan fingerprint density at radius 3 is 2.48 bits per heavy atom. The number of hydrogen-bond acceptors (Lipinski definition) is 4. The average Bonchev–Trinajstić information content (AvgIpc) is 2.80. The van der Waals surface area contributed by atoms with Crippen molar-refractivity contribution in [2.24, 2.45) is 0 Å². The summed E-state index contributed by atoms with van der Waals surface area (Å²) in [7, 11) is 0. The SMILES string of the molecule is CCN(CC(=O)N(c1ccccc1)C1CCCCC1)Cc1nc2ccccc2c(=O)[nH]1. The van der Waals surface area contributed by atoms with Crippen LogP contribution >= 0.6 is 0 Å². The molecule has 1 aliphatic carbocycles. The summed E-state index contributed by atoms with van der Waals surface area (Å²) >= 11 is 0. The minimum absolute atomic E-state index is 0.100. The van der Waals surface area contributed by atoms with Gasteiger partial charge >= 0.3 is 0 Å². The average molecular weight is 419 g/mol. The third kappa shape index (κ3) is 5.02. The summed E-state index contributed by atoms with van der Waals surface area (Å²) in [5.41, 5.74) is 1.50. The molecule has 1 N–H and O–H groups in total. The summed E-state index contributed by atoms with van der Waals surface area (Å²) in [6, 6.07) is 17.6. The molecule has 0 saturated heterocycles. The molecule has 1 amide bonds. The van der Waals surface area contributed by atoms with Gasteiger partial charge in [-0.2, -0.15) is 0 Å². The fourth-order valence-corrected chi connectivity index (χ4v) is 4.45. The predicted molar refractivity (Wildman–Crippen MR) is 124 cm³/mol. The summed E-state index contributed by atoms with van der Waals surface area (Å²) in [5, 5.41) is 0.581. The number of carbonyl (C=O) groups excluding carboxylic acids is 1. The van der Waals surface area contributed by atoms with E-state index in [1.807, 2.05) is 65.3 Å². The maximum atomic E-state index is 13.5. The number of hydrogen-bond donors (Lipinski definition) is 1. The van der Waals surface area contributed by atoms with Crippen LogP contribution in [0.5, 0.6) is 0 Å². The maximum absolute atomic E-state index is 13.5. The molecule has 0 radical (unpaired) electrons. The molecule has 0 bridgehead atoms. The Hall–Kier alpha value is -2.99. The van der Waals surface area contributed by atoms with Crippen molar-refractivity contribution in [1.82, 2.24) is 14.9 Å². The van der Waals surface area contributed by atoms with Crippen molar-refractivity contribution in [3.8, 4) is 0 Å². The number of para-hydroxylation sites is 2. The van der Waals surface area contributed by atoms with Gasteiger partial charge in [0.15, 0.2) is 0 Å². The smallest absolute Gasteiger partial charge is 0.258 e. The number of amides is 1. The van der Waals surface area contributed by atoms with E-state index in [9.17, 15) is 9.59 Å². The molecule has 0 spiro atoms. The summed E-state index contributed by atoms with van der Waals surface area (Å²) in [5.74, 6) is 0.686. The van der Waals surface area contributed by atoms with Crippen LogP contribution in [0.25, 0.3) is 10.9 Å². The summed E-state index contributed by atoms with van der Waals surface area (Å²) in [6.07, 6.45) is 5.68. The molecule has 6 nitrogen and oxygen atoms in total. The first-order valence-electron chi connectivity index (χ1n) is 11.2. The van der Waals surface area contributed by atoms with Crippen LogP contribution in [0.2, 0.25) is 0 Å². The first-order valence-corrected chi connectivity index (χ1v) is 11.2. The molecule has 0 unspecified atom stereocenters. The Kier molecular flexibility index (Phi) is 6.77. The predicted octanol–water partition coefficient (Wildman–Crippen LogP) is 4.11. The standard InChI is InChI=1S/C25H30N4O2/c1-2-28(17-23-26-22-16-10-9-15-21(22)25(31)27-23)18-24(30)29(19-11-5-3-6-12-19)20-13-7-4-8-14-20/h3,5-6,9-12,15-16,20H,2,4,7-8,13-14,17-18H2,1H3,(H,26,27,31). The number of carbonyl (C=O) groups is 1. The summed E-state index contributed by atoms with van der Waals surface area (Å²) < 4.78 is 0. The van der Waals surface area contributed by atoms with Gasteiger partial charge in [0.05, 0.1) is 24.0 Å². The quantitative estimate of drug-likeness (QED) is 0.627. The van der Waals surface area contributed by atoms with Crippen LogP contribution in [-0.4, -0.2) is 39.9 Å². The molecule has 0 atom stereocenters. The molecule has 4 rings (SSSR count). The number of anilines is 1. The van der Waals surface area contributed by atoms with E-state index < -0.39 is 0 Å². The number of rotatable bonds is 7. The highest BCUT2D eigenvalue weighted by molar-refractivity contribution is 5.95. The van der Waals surface area contributed by atoms with E-state index in [4.69, 9.17) is 0 Å². The van der Waals surface area contributed by atoms with E-state index in [-0.39, 0.29) is 17.5 Å². The number of fused-ring (bicyclic) bond motifs is 1. The van der Waals surface area contributed by atoms with Gasteiger partial charge in [-0.1, -0.05) is 56.5 Å². The lowest BCUT2D eigenvalue weighted by molar-refractivity contribution is -0.120. The van der Waals surface area contributed by atoms with Crippen LogP contribution < -0.4 is 10.5 Å². The summed E-state index contributed by atoms with van der Waals surface area (Å²) in [4.78, 5) is 37.4. The second kappa shape index (κ2) is 9.88. The fraction of sp³-hybridized carbons (Fsp3) is 0.400. The first-order chi connectivity index (χ1) is 15.2. The molecule has 6 heteroatoms. The van der Waals surface area contributed by atoms with E-state index in [0.29, 0.717) is 36.4 Å². The van der Waals surface area contributed by atoms with Gasteiger partial charge in [-0.3, -0.25) is 14.5 Å². The minimum Gasteiger partial charge on any atom is -0.309 e. The molecule has 1 saturated carbocycles. The fourth-order valence-electron chi connectivity index (χ4n) is 4.45. The molecule has 0 aliphatic heterocycles. The molecule has 1 aromatic heterocycles. The van der Waals surface area contributed by atoms with Crippen molar-refractivity contribution in [3.63, 3.8) is 0 Å². The molecular weight excluding hydrogens is 388 g/mol. The minimum atomic E-state index is -0.143. The molecule has 2 aromatic carbocycles. The second-order valence-electron chi connectivity index (χ2n) is 8.22. The van der Waals surface area contributed by atoms with Crippen molar-refractivity contribution in [2.75, 3.05) is 18.0 Å². The number of likely N-dealkylation sites (N-methyl/N-ethyl adjacent to an activating group) is 1. The van der Waals surface area contributed by atoms with E-state index in [1.165, 1.54) is 19.3 Å². The van der Waals surface area contributed by atoms with E-state index in [1.54, 1.807) is 6.07 Å². The Bertz CT molecular complexity index is 1070. The summed E-state index contributed by atoms with van der Waals surface area (Å²) in [6.45, 7) is 3.43. The topological polar surface area (TPSA) is 69.3 Å². The van der Waals surface area contributed by atoms with Crippen molar-refractivity contribution in [1.29, 1.82) is 0 Å². The van der Waals surface area contributed by atoms with Gasteiger partial charge in [-0.25, -0.2) is 4.98 Å². The Balaban J connectivity index is 1.53. The number of aromatic amines is 1. The number of H-pyrrole nitrogens is 1.